The van der Waals surface area contributed by atoms with Crippen LogP contribution < -0.4 is 30.9 Å². The van der Waals surface area contributed by atoms with Crippen molar-refractivity contribution in [2.24, 2.45) is 5.73 Å². The Bertz CT molecular complexity index is 1850. The number of carbonyl (C=O) groups excluding carboxylic acids is 4. The molecule has 3 rings (SSSR count). The van der Waals surface area contributed by atoms with Crippen molar-refractivity contribution in [1.82, 2.24) is 10.6 Å². The van der Waals surface area contributed by atoms with E-state index < -0.39 is 61.3 Å². The summed E-state index contributed by atoms with van der Waals surface area (Å²) in [5, 5.41) is 19.2. The van der Waals surface area contributed by atoms with Gasteiger partial charge in [-0.05, 0) is 69.5 Å². The van der Waals surface area contributed by atoms with Crippen LogP contribution in [0.25, 0.3) is 0 Å². The molecule has 274 valence electrons. The molecule has 51 heavy (non-hydrogen) atoms. The van der Waals surface area contributed by atoms with E-state index in [9.17, 15) is 37.7 Å². The summed E-state index contributed by atoms with van der Waals surface area (Å²) in [4.78, 5) is 60.8. The van der Waals surface area contributed by atoms with Crippen LogP contribution >= 0.6 is 0 Å². The van der Waals surface area contributed by atoms with Gasteiger partial charge in [0.25, 0.3) is 15.7 Å². The number of nitro groups is 1. The summed E-state index contributed by atoms with van der Waals surface area (Å²) in [6.07, 6.45) is -1.10. The van der Waals surface area contributed by atoms with Gasteiger partial charge in [0.1, 0.15) is 18.2 Å². The minimum absolute atomic E-state index is 0.0683. The number of primary amides is 1. The molecule has 3 aromatic carbocycles. The number of nitrogens with one attached hydrogen (secondary N) is 3. The first kappa shape index (κ1) is 39.5. The lowest BCUT2D eigenvalue weighted by atomic mass is 10.1. The van der Waals surface area contributed by atoms with Crippen LogP contribution in [-0.2, 0) is 30.9 Å². The number of anilines is 3. The van der Waals surface area contributed by atoms with E-state index in [4.69, 9.17) is 15.2 Å². The van der Waals surface area contributed by atoms with Crippen molar-refractivity contribution in [1.29, 1.82) is 0 Å². The highest BCUT2D eigenvalue weighted by molar-refractivity contribution is 7.93. The third-order valence-corrected chi connectivity index (χ3v) is 8.94. The van der Waals surface area contributed by atoms with E-state index in [1.807, 2.05) is 0 Å². The Morgan fingerprint density at radius 1 is 0.941 bits per heavy atom. The molecular formula is C33H41N7O10S. The predicted molar refractivity (Wildman–Crippen MR) is 189 cm³/mol. The molecule has 0 spiro atoms. The number of carbonyl (C=O) groups is 4. The zero-order valence-corrected chi connectivity index (χ0v) is 29.6. The lowest BCUT2D eigenvalue weighted by Gasteiger charge is -2.26. The highest BCUT2D eigenvalue weighted by Gasteiger charge is 2.32. The highest BCUT2D eigenvalue weighted by Crippen LogP contribution is 2.34. The molecule has 0 fully saturated rings. The summed E-state index contributed by atoms with van der Waals surface area (Å²) in [6, 6.07) is 15.7. The van der Waals surface area contributed by atoms with Crippen molar-refractivity contribution in [3.63, 3.8) is 0 Å². The quantitative estimate of drug-likeness (QED) is 0.103. The number of ether oxygens (including phenoxy) is 2. The molecular weight excluding hydrogens is 686 g/mol. The van der Waals surface area contributed by atoms with Gasteiger partial charge < -0.3 is 31.2 Å². The maximum Gasteiger partial charge on any atom is 0.414 e. The normalized spacial score (nSPS) is 11.8. The van der Waals surface area contributed by atoms with E-state index in [0.29, 0.717) is 17.7 Å². The third kappa shape index (κ3) is 11.3. The molecule has 0 saturated heterocycles. The van der Waals surface area contributed by atoms with E-state index in [-0.39, 0.29) is 30.9 Å². The van der Waals surface area contributed by atoms with Crippen LogP contribution in [0.3, 0.4) is 0 Å². The number of hydrogen-bond acceptors (Lipinski definition) is 10. The Morgan fingerprint density at radius 3 is 2.16 bits per heavy atom. The van der Waals surface area contributed by atoms with Gasteiger partial charge in [0.2, 0.25) is 5.91 Å². The van der Waals surface area contributed by atoms with E-state index in [1.54, 1.807) is 57.2 Å². The SMILES string of the molecule is CN(C(=O)OCc1ccc(NC(=O)[C@H](CCCNC(N)=O)NC(=O)OC(C)(C)C)cc1)c1ccccc1N(C)S(=O)(=O)c1ccccc1[N+](=O)[O-]. The van der Waals surface area contributed by atoms with Gasteiger partial charge in [-0.1, -0.05) is 36.4 Å². The Kier molecular flexibility index (Phi) is 13.3. The van der Waals surface area contributed by atoms with Crippen LogP contribution in [0.1, 0.15) is 39.2 Å². The number of para-hydroxylation sites is 3. The summed E-state index contributed by atoms with van der Waals surface area (Å²) >= 11 is 0. The van der Waals surface area contributed by atoms with Crippen molar-refractivity contribution >= 4 is 56.9 Å². The predicted octanol–water partition coefficient (Wildman–Crippen LogP) is 4.47. The number of rotatable bonds is 14. The fraction of sp³-hybridized carbons (Fsp3) is 0.333. The molecule has 0 bridgehead atoms. The van der Waals surface area contributed by atoms with Crippen LogP contribution in [0.4, 0.5) is 37.1 Å². The van der Waals surface area contributed by atoms with Crippen LogP contribution in [0.2, 0.25) is 0 Å². The lowest BCUT2D eigenvalue weighted by Crippen LogP contribution is -2.46. The van der Waals surface area contributed by atoms with Gasteiger partial charge in [-0.3, -0.25) is 24.1 Å². The second-order valence-corrected chi connectivity index (χ2v) is 14.1. The van der Waals surface area contributed by atoms with Gasteiger partial charge in [-0.25, -0.2) is 22.8 Å². The standard InChI is InChI=1S/C33H41N7O10S/c1-33(2,3)50-31(43)37-24(11-10-20-35-30(34)42)29(41)36-23-18-16-22(17-19-23)21-49-32(44)38(4)25-12-6-7-13-26(25)39(5)51(47,48)28-15-9-8-14-27(28)40(45)46/h6-9,12-19,24H,10-11,20-21H2,1-5H3,(H,36,41)(H,37,43)(H3,34,35,42)/t24-/m0/s1. The Balaban J connectivity index is 1.67. The first-order chi connectivity index (χ1) is 23.9. The molecule has 0 saturated carbocycles. The molecule has 5 N–H and O–H groups in total. The van der Waals surface area contributed by atoms with Gasteiger partial charge in [-0.15, -0.1) is 0 Å². The van der Waals surface area contributed by atoms with Crippen molar-refractivity contribution < 1.29 is 42.0 Å². The molecule has 0 aliphatic heterocycles. The van der Waals surface area contributed by atoms with E-state index in [1.165, 1.54) is 38.4 Å². The molecule has 5 amide bonds. The Morgan fingerprint density at radius 2 is 1.55 bits per heavy atom. The molecule has 0 aliphatic rings. The number of hydrogen-bond donors (Lipinski definition) is 4. The minimum atomic E-state index is -4.41. The molecule has 3 aromatic rings. The second kappa shape index (κ2) is 17.1. The fourth-order valence-electron chi connectivity index (χ4n) is 4.61. The number of nitro benzene ring substituents is 1. The molecule has 0 aliphatic carbocycles. The third-order valence-electron chi connectivity index (χ3n) is 7.12. The van der Waals surface area contributed by atoms with Crippen LogP contribution in [0.15, 0.2) is 77.7 Å². The van der Waals surface area contributed by atoms with Crippen LogP contribution in [-0.4, -0.2) is 69.7 Å². The molecule has 0 radical (unpaired) electrons. The summed E-state index contributed by atoms with van der Waals surface area (Å²) in [5.41, 5.74) is 4.87. The van der Waals surface area contributed by atoms with Crippen molar-refractivity contribution in [3.8, 4) is 0 Å². The maximum atomic E-state index is 13.4. The fourth-order valence-corrected chi connectivity index (χ4v) is 5.97. The summed E-state index contributed by atoms with van der Waals surface area (Å²) in [5.74, 6) is -0.534. The van der Waals surface area contributed by atoms with E-state index >= 15 is 0 Å². The van der Waals surface area contributed by atoms with Crippen molar-refractivity contribution in [3.05, 3.63) is 88.5 Å². The van der Waals surface area contributed by atoms with Crippen molar-refractivity contribution in [2.75, 3.05) is 35.2 Å². The van der Waals surface area contributed by atoms with Gasteiger partial charge in [0.05, 0.1) is 16.3 Å². The largest absolute Gasteiger partial charge is 0.444 e. The second-order valence-electron chi connectivity index (χ2n) is 12.1. The summed E-state index contributed by atoms with van der Waals surface area (Å²) < 4.78 is 38.5. The van der Waals surface area contributed by atoms with Gasteiger partial charge in [-0.2, -0.15) is 0 Å². The van der Waals surface area contributed by atoms with E-state index in [0.717, 1.165) is 21.3 Å². The summed E-state index contributed by atoms with van der Waals surface area (Å²) in [7, 11) is -1.80. The highest BCUT2D eigenvalue weighted by atomic mass is 32.2. The molecule has 18 heteroatoms. The van der Waals surface area contributed by atoms with Crippen LogP contribution in [0, 0.1) is 10.1 Å². The number of nitrogens with two attached hydrogens (primary N) is 1. The number of sulfonamides is 1. The molecule has 17 nitrogen and oxygen atoms in total. The number of amides is 5. The van der Waals surface area contributed by atoms with Gasteiger partial charge in [0, 0.05) is 32.4 Å². The van der Waals surface area contributed by atoms with Crippen molar-refractivity contribution in [2.45, 2.75) is 56.8 Å². The average molecular weight is 728 g/mol. The molecule has 1 atom stereocenters. The van der Waals surface area contributed by atoms with Gasteiger partial charge >= 0.3 is 18.2 Å². The molecule has 0 unspecified atom stereocenters. The average Bonchev–Trinajstić information content (AvgIpc) is 3.07. The first-order valence-electron chi connectivity index (χ1n) is 15.5. The van der Waals surface area contributed by atoms with E-state index in [2.05, 4.69) is 16.0 Å². The Hall–Kier alpha value is -5.91. The zero-order valence-electron chi connectivity index (χ0n) is 28.7. The van der Waals surface area contributed by atoms with Gasteiger partial charge in [0.15, 0.2) is 4.90 Å². The molecule has 0 heterocycles. The first-order valence-corrected chi connectivity index (χ1v) is 17.0. The Labute approximate surface area is 295 Å². The summed E-state index contributed by atoms with van der Waals surface area (Å²) in [6.45, 7) is 5.06. The smallest absolute Gasteiger partial charge is 0.414 e. The van der Waals surface area contributed by atoms with Crippen LogP contribution in [0.5, 0.6) is 0 Å². The topological polar surface area (TPSA) is 233 Å². The number of urea groups is 1. The number of nitrogens with zero attached hydrogens (tertiary/aromatic N) is 3. The minimum Gasteiger partial charge on any atom is -0.444 e. The number of alkyl carbamates (subject to hydrolysis) is 1. The molecule has 0 aromatic heterocycles. The zero-order chi connectivity index (χ0) is 37.9. The maximum absolute atomic E-state index is 13.4. The monoisotopic (exact) mass is 727 g/mol. The number of benzene rings is 3. The lowest BCUT2D eigenvalue weighted by molar-refractivity contribution is -0.387.